The predicted molar refractivity (Wildman–Crippen MR) is 99.3 cm³/mol. The van der Waals surface area contributed by atoms with Crippen molar-refractivity contribution >= 4 is 0 Å². The molecular formula is C20H46N+. The molecule has 21 heavy (non-hydrogen) atoms. The average molecular weight is 301 g/mol. The van der Waals surface area contributed by atoms with Crippen LogP contribution in [-0.2, 0) is 0 Å². The molecule has 0 unspecified atom stereocenters. The first-order valence-electron chi connectivity index (χ1n) is 9.97. The van der Waals surface area contributed by atoms with Gasteiger partial charge in [0.1, 0.15) is 0 Å². The summed E-state index contributed by atoms with van der Waals surface area (Å²) in [5.74, 6) is 0. The summed E-state index contributed by atoms with van der Waals surface area (Å²) in [6.07, 6.45) is 20.4. The maximum atomic E-state index is 2.29. The van der Waals surface area contributed by atoms with Gasteiger partial charge in [0, 0.05) is 0 Å². The first-order chi connectivity index (χ1) is 10.2. The van der Waals surface area contributed by atoms with Crippen molar-refractivity contribution in [1.82, 2.24) is 0 Å². The molecule has 1 heteroatoms. The summed E-state index contributed by atoms with van der Waals surface area (Å²) < 4.78 is 0. The molecule has 0 amide bonds. The van der Waals surface area contributed by atoms with Crippen LogP contribution in [0.5, 0.6) is 0 Å². The fourth-order valence-electron chi connectivity index (χ4n) is 2.27. The molecule has 0 atom stereocenters. The Morgan fingerprint density at radius 2 is 0.619 bits per heavy atom. The van der Waals surface area contributed by atoms with Gasteiger partial charge < -0.3 is 4.90 Å². The van der Waals surface area contributed by atoms with Crippen molar-refractivity contribution in [2.75, 3.05) is 20.6 Å². The molecule has 0 aliphatic heterocycles. The van der Waals surface area contributed by atoms with E-state index in [1.165, 1.54) is 101 Å². The first kappa shape index (κ1) is 23.2. The zero-order valence-electron chi connectivity index (χ0n) is 16.1. The Morgan fingerprint density at radius 1 is 0.429 bits per heavy atom. The molecule has 0 aliphatic carbocycles. The summed E-state index contributed by atoms with van der Waals surface area (Å²) in [5.41, 5.74) is 0. The van der Waals surface area contributed by atoms with Gasteiger partial charge in [-0.05, 0) is 6.92 Å². The highest BCUT2D eigenvalue weighted by molar-refractivity contribution is 4.48. The lowest BCUT2D eigenvalue weighted by Crippen LogP contribution is -3.05. The first-order valence-corrected chi connectivity index (χ1v) is 9.97. The lowest BCUT2D eigenvalue weighted by atomic mass is 10.0. The van der Waals surface area contributed by atoms with E-state index in [2.05, 4.69) is 34.9 Å². The van der Waals surface area contributed by atoms with Crippen molar-refractivity contribution in [3.63, 3.8) is 0 Å². The Hall–Kier alpha value is -0.0400. The molecule has 0 rings (SSSR count). The Labute approximate surface area is 136 Å². The summed E-state index contributed by atoms with van der Waals surface area (Å²) in [5, 5.41) is 0. The fourth-order valence-corrected chi connectivity index (χ4v) is 2.27. The van der Waals surface area contributed by atoms with E-state index in [0.29, 0.717) is 0 Å². The normalized spacial score (nSPS) is 10.6. The number of nitrogens with one attached hydrogen (secondary N) is 1. The van der Waals surface area contributed by atoms with Gasteiger partial charge in [0.25, 0.3) is 0 Å². The highest BCUT2D eigenvalue weighted by Crippen LogP contribution is 2.12. The molecule has 0 fully saturated rings. The minimum atomic E-state index is 1.22. The third-order valence-electron chi connectivity index (χ3n) is 4.16. The lowest BCUT2D eigenvalue weighted by Gasteiger charge is -2.02. The van der Waals surface area contributed by atoms with Gasteiger partial charge in [-0.1, -0.05) is 104 Å². The van der Waals surface area contributed by atoms with E-state index in [1.807, 2.05) is 0 Å². The largest absolute Gasteiger partial charge is 0.340 e. The quantitative estimate of drug-likeness (QED) is 0.396. The summed E-state index contributed by atoms with van der Waals surface area (Å²) >= 11 is 0. The van der Waals surface area contributed by atoms with Crippen LogP contribution in [0.1, 0.15) is 111 Å². The molecule has 1 N–H and O–H groups in total. The summed E-state index contributed by atoms with van der Waals surface area (Å²) in [7, 11) is 4.28. The van der Waals surface area contributed by atoms with Crippen molar-refractivity contribution in [2.24, 2.45) is 0 Å². The number of hydrogen-bond donors (Lipinski definition) is 1. The van der Waals surface area contributed by atoms with Crippen LogP contribution < -0.4 is 4.90 Å². The summed E-state index contributed by atoms with van der Waals surface area (Å²) in [6.45, 7) is 7.96. The molecule has 0 radical (unpaired) electrons. The summed E-state index contributed by atoms with van der Waals surface area (Å²) in [4.78, 5) is 1.50. The van der Waals surface area contributed by atoms with Crippen LogP contribution in [0.2, 0.25) is 0 Å². The molecule has 1 nitrogen and oxygen atoms in total. The Morgan fingerprint density at radius 3 is 0.762 bits per heavy atom. The smallest absolute Gasteiger partial charge is 0.0738 e. The van der Waals surface area contributed by atoms with Crippen molar-refractivity contribution in [1.29, 1.82) is 0 Å². The van der Waals surface area contributed by atoms with Gasteiger partial charge in [0.2, 0.25) is 0 Å². The highest BCUT2D eigenvalue weighted by atomic mass is 15.0. The molecule has 130 valence electrons. The second kappa shape index (κ2) is 22.2. The van der Waals surface area contributed by atoms with Crippen molar-refractivity contribution in [3.05, 3.63) is 0 Å². The van der Waals surface area contributed by atoms with Crippen LogP contribution in [0.25, 0.3) is 0 Å². The zero-order valence-corrected chi connectivity index (χ0v) is 16.1. The third-order valence-corrected chi connectivity index (χ3v) is 4.16. The van der Waals surface area contributed by atoms with Crippen molar-refractivity contribution in [3.8, 4) is 0 Å². The van der Waals surface area contributed by atoms with Gasteiger partial charge >= 0.3 is 0 Å². The molecule has 0 saturated carbocycles. The van der Waals surface area contributed by atoms with Gasteiger partial charge in [0.15, 0.2) is 0 Å². The van der Waals surface area contributed by atoms with Gasteiger partial charge in [-0.2, -0.15) is 0 Å². The monoisotopic (exact) mass is 300 g/mol. The van der Waals surface area contributed by atoms with E-state index in [9.17, 15) is 0 Å². The van der Waals surface area contributed by atoms with Crippen LogP contribution in [0.3, 0.4) is 0 Å². The van der Waals surface area contributed by atoms with Crippen molar-refractivity contribution in [2.45, 2.75) is 111 Å². The molecule has 0 heterocycles. The number of rotatable bonds is 14. The maximum Gasteiger partial charge on any atom is 0.0738 e. The standard InChI is InChI=1S/C16H34.C4H11N/c1-3-5-7-9-11-13-15-16-14-12-10-8-6-4-2;1-4-5(2)3/h3-16H2,1-2H3;4H2,1-3H3/p+1. The highest BCUT2D eigenvalue weighted by Gasteiger charge is 1.92. The van der Waals surface area contributed by atoms with Gasteiger partial charge in [-0.3, -0.25) is 0 Å². The second-order valence-corrected chi connectivity index (χ2v) is 6.80. The zero-order chi connectivity index (χ0) is 16.2. The van der Waals surface area contributed by atoms with E-state index in [-0.39, 0.29) is 0 Å². The van der Waals surface area contributed by atoms with Gasteiger partial charge in [-0.25, -0.2) is 0 Å². The van der Waals surface area contributed by atoms with E-state index >= 15 is 0 Å². The molecule has 0 aromatic carbocycles. The minimum absolute atomic E-state index is 1.22. The SMILES string of the molecule is CCCCCCCCCCCCCCCC.CC[NH+](C)C. The topological polar surface area (TPSA) is 4.44 Å². The Kier molecular flexibility index (Phi) is 24.6. The van der Waals surface area contributed by atoms with E-state index in [4.69, 9.17) is 0 Å². The Bertz CT molecular complexity index is 140. The van der Waals surface area contributed by atoms with Crippen LogP contribution in [-0.4, -0.2) is 20.6 Å². The van der Waals surface area contributed by atoms with E-state index in [0.717, 1.165) is 0 Å². The maximum absolute atomic E-state index is 2.29. The molecular weight excluding hydrogens is 254 g/mol. The molecule has 0 aromatic rings. The average Bonchev–Trinajstić information content (AvgIpc) is 2.49. The van der Waals surface area contributed by atoms with Gasteiger partial charge in [-0.15, -0.1) is 0 Å². The Balaban J connectivity index is 0. The molecule has 0 aromatic heterocycles. The summed E-state index contributed by atoms with van der Waals surface area (Å²) in [6, 6.07) is 0. The van der Waals surface area contributed by atoms with Crippen molar-refractivity contribution < 1.29 is 4.90 Å². The van der Waals surface area contributed by atoms with E-state index in [1.54, 1.807) is 0 Å². The molecule has 0 saturated heterocycles. The van der Waals surface area contributed by atoms with Gasteiger partial charge in [0.05, 0.1) is 20.6 Å². The third kappa shape index (κ3) is 28.8. The second-order valence-electron chi connectivity index (χ2n) is 6.80. The number of hydrogen-bond acceptors (Lipinski definition) is 0. The van der Waals surface area contributed by atoms with Crippen LogP contribution in [0, 0.1) is 0 Å². The molecule has 0 bridgehead atoms. The predicted octanol–water partition coefficient (Wildman–Crippen LogP) is 5.64. The lowest BCUT2D eigenvalue weighted by molar-refractivity contribution is -0.856. The number of quaternary nitrogens is 1. The molecule has 0 aliphatic rings. The fraction of sp³-hybridized carbons (Fsp3) is 1.00. The van der Waals surface area contributed by atoms with Crippen LogP contribution in [0.15, 0.2) is 0 Å². The minimum Gasteiger partial charge on any atom is -0.340 e. The number of unbranched alkanes of at least 4 members (excludes halogenated alkanes) is 13. The van der Waals surface area contributed by atoms with E-state index < -0.39 is 0 Å². The van der Waals surface area contributed by atoms with Crippen LogP contribution in [0.4, 0.5) is 0 Å². The van der Waals surface area contributed by atoms with Crippen LogP contribution >= 0.6 is 0 Å². The molecule has 0 spiro atoms.